The van der Waals surface area contributed by atoms with Gasteiger partial charge in [-0.2, -0.15) is 0 Å². The molecule has 5 nitrogen and oxygen atoms in total. The first kappa shape index (κ1) is 32.0. The van der Waals surface area contributed by atoms with E-state index in [1.54, 1.807) is 7.11 Å². The van der Waals surface area contributed by atoms with E-state index in [-0.39, 0.29) is 5.04 Å². The summed E-state index contributed by atoms with van der Waals surface area (Å²) in [6, 6.07) is 41.5. The van der Waals surface area contributed by atoms with Crippen LogP contribution in [0.4, 0.5) is 0 Å². The number of rotatable bonds is 12. The highest BCUT2D eigenvalue weighted by Crippen LogP contribution is 2.38. The first-order chi connectivity index (χ1) is 21.3. The van der Waals surface area contributed by atoms with Gasteiger partial charge in [-0.1, -0.05) is 149 Å². The zero-order valence-corrected chi connectivity index (χ0v) is 27.2. The number of methoxy groups -OCH3 is 1. The summed E-state index contributed by atoms with van der Waals surface area (Å²) in [6.07, 6.45) is -2.10. The van der Waals surface area contributed by atoms with E-state index in [9.17, 15) is 0 Å². The molecule has 0 aromatic heterocycles. The summed E-state index contributed by atoms with van der Waals surface area (Å²) in [7, 11) is -1.18. The molecule has 5 rings (SSSR count). The lowest BCUT2D eigenvalue weighted by atomic mass is 9.96. The molecule has 1 aliphatic rings. The maximum Gasteiger partial charge on any atom is 0.261 e. The molecule has 0 spiro atoms. The third kappa shape index (κ3) is 7.13. The summed E-state index contributed by atoms with van der Waals surface area (Å²) in [4.78, 5) is 0. The van der Waals surface area contributed by atoms with Crippen molar-refractivity contribution in [2.45, 2.75) is 63.6 Å². The van der Waals surface area contributed by atoms with Crippen LogP contribution in [0.5, 0.6) is 0 Å². The van der Waals surface area contributed by atoms with E-state index in [1.807, 2.05) is 48.5 Å². The molecule has 4 aromatic carbocycles. The minimum Gasteiger partial charge on any atom is -0.405 e. The Hall–Kier alpha value is -3.36. The van der Waals surface area contributed by atoms with E-state index < -0.39 is 32.9 Å². The molecule has 1 aliphatic heterocycles. The van der Waals surface area contributed by atoms with Crippen molar-refractivity contribution in [1.29, 1.82) is 0 Å². The standard InChI is InChI=1S/C38H44O5Si/c1-29-35(40-26-30-18-10-6-11-19-30)34(43-37(39-5)36(29)41-27-31-20-12-7-13-21-31)28-42-44(38(2,3)4,32-22-14-8-15-23-32)33-24-16-9-17-25-33/h6-25,34-37H,1,26-28H2,2-5H3/t34-,35+,36+,37+/m1/s1. The summed E-state index contributed by atoms with van der Waals surface area (Å²) >= 11 is 0. The van der Waals surface area contributed by atoms with Crippen LogP contribution >= 0.6 is 0 Å². The highest BCUT2D eigenvalue weighted by Gasteiger charge is 2.52. The van der Waals surface area contributed by atoms with Crippen molar-refractivity contribution in [2.24, 2.45) is 0 Å². The SMILES string of the molecule is C=C1[C@H](OCc2ccccc2)[C@@H](OC)O[C@H](CO[Si](c2ccccc2)(c2ccccc2)C(C)(C)C)[C@H]1OCc1ccccc1. The first-order valence-corrected chi connectivity index (χ1v) is 17.2. The maximum absolute atomic E-state index is 7.29. The second-order valence-electron chi connectivity index (χ2n) is 12.3. The van der Waals surface area contributed by atoms with Crippen molar-refractivity contribution in [3.63, 3.8) is 0 Å². The Bertz CT molecular complexity index is 1400. The van der Waals surface area contributed by atoms with Crippen molar-refractivity contribution in [3.05, 3.63) is 145 Å². The van der Waals surface area contributed by atoms with E-state index in [4.69, 9.17) is 23.4 Å². The minimum atomic E-state index is -2.82. The maximum atomic E-state index is 7.29. The summed E-state index contributed by atoms with van der Waals surface area (Å²) < 4.78 is 32.8. The number of ether oxygens (including phenoxy) is 4. The van der Waals surface area contributed by atoms with Gasteiger partial charge in [-0.3, -0.25) is 0 Å². The van der Waals surface area contributed by atoms with Gasteiger partial charge >= 0.3 is 0 Å². The van der Waals surface area contributed by atoms with Crippen LogP contribution < -0.4 is 10.4 Å². The summed E-state index contributed by atoms with van der Waals surface area (Å²) in [5.74, 6) is 0. The van der Waals surface area contributed by atoms with Gasteiger partial charge in [0.25, 0.3) is 8.32 Å². The molecule has 1 fully saturated rings. The lowest BCUT2D eigenvalue weighted by Gasteiger charge is -2.46. The fourth-order valence-electron chi connectivity index (χ4n) is 6.09. The molecular weight excluding hydrogens is 564 g/mol. The van der Waals surface area contributed by atoms with Gasteiger partial charge in [0.15, 0.2) is 6.29 Å². The molecule has 1 saturated heterocycles. The molecule has 0 bridgehead atoms. The van der Waals surface area contributed by atoms with Crippen LogP contribution in [-0.2, 0) is 36.6 Å². The van der Waals surface area contributed by atoms with Crippen molar-refractivity contribution in [2.75, 3.05) is 13.7 Å². The van der Waals surface area contributed by atoms with Gasteiger partial charge in [-0.25, -0.2) is 0 Å². The zero-order valence-electron chi connectivity index (χ0n) is 26.2. The average molecular weight is 609 g/mol. The van der Waals surface area contributed by atoms with Gasteiger partial charge in [0.05, 0.1) is 19.8 Å². The lowest BCUT2D eigenvalue weighted by molar-refractivity contribution is -0.256. The van der Waals surface area contributed by atoms with Gasteiger partial charge in [-0.05, 0) is 32.1 Å². The molecule has 0 radical (unpaired) electrons. The Morgan fingerprint density at radius 3 is 1.52 bits per heavy atom. The Labute approximate surface area is 263 Å². The first-order valence-electron chi connectivity index (χ1n) is 15.3. The average Bonchev–Trinajstić information content (AvgIpc) is 3.05. The molecule has 1 heterocycles. The van der Waals surface area contributed by atoms with Crippen LogP contribution in [0.1, 0.15) is 31.9 Å². The summed E-state index contributed by atoms with van der Waals surface area (Å²) in [6.45, 7) is 12.4. The van der Waals surface area contributed by atoms with E-state index in [0.29, 0.717) is 19.8 Å². The monoisotopic (exact) mass is 608 g/mol. The number of hydrogen-bond donors (Lipinski definition) is 0. The van der Waals surface area contributed by atoms with E-state index in [0.717, 1.165) is 16.7 Å². The fourth-order valence-corrected chi connectivity index (χ4v) is 10.7. The molecule has 4 atom stereocenters. The van der Waals surface area contributed by atoms with Crippen LogP contribution in [0, 0.1) is 0 Å². The highest BCUT2D eigenvalue weighted by atomic mass is 28.4. The Balaban J connectivity index is 1.46. The van der Waals surface area contributed by atoms with Crippen molar-refractivity contribution in [1.82, 2.24) is 0 Å². The molecule has 0 amide bonds. The quantitative estimate of drug-likeness (QED) is 0.133. The topological polar surface area (TPSA) is 46.2 Å². The molecule has 44 heavy (non-hydrogen) atoms. The number of benzene rings is 4. The third-order valence-electron chi connectivity index (χ3n) is 8.28. The van der Waals surface area contributed by atoms with Gasteiger partial charge in [0.2, 0.25) is 0 Å². The van der Waals surface area contributed by atoms with Crippen molar-refractivity contribution < 1.29 is 23.4 Å². The predicted octanol–water partition coefficient (Wildman–Crippen LogP) is 6.66. The van der Waals surface area contributed by atoms with Crippen LogP contribution in [0.15, 0.2) is 133 Å². The second kappa shape index (κ2) is 14.6. The van der Waals surface area contributed by atoms with Crippen LogP contribution in [0.3, 0.4) is 0 Å². The smallest absolute Gasteiger partial charge is 0.261 e. The van der Waals surface area contributed by atoms with Crippen molar-refractivity contribution >= 4 is 18.7 Å². The second-order valence-corrected chi connectivity index (χ2v) is 16.6. The van der Waals surface area contributed by atoms with E-state index in [1.165, 1.54) is 10.4 Å². The van der Waals surface area contributed by atoms with Crippen LogP contribution in [0.2, 0.25) is 5.04 Å². The van der Waals surface area contributed by atoms with Gasteiger partial charge < -0.3 is 23.4 Å². The largest absolute Gasteiger partial charge is 0.405 e. The summed E-state index contributed by atoms with van der Waals surface area (Å²) in [5, 5.41) is 2.24. The van der Waals surface area contributed by atoms with Crippen molar-refractivity contribution in [3.8, 4) is 0 Å². The predicted molar refractivity (Wildman–Crippen MR) is 178 cm³/mol. The zero-order chi connectivity index (χ0) is 31.0. The normalized spacial score (nSPS) is 20.9. The van der Waals surface area contributed by atoms with E-state index >= 15 is 0 Å². The molecule has 0 aliphatic carbocycles. The third-order valence-corrected chi connectivity index (χ3v) is 13.3. The number of hydrogen-bond acceptors (Lipinski definition) is 5. The Morgan fingerprint density at radius 1 is 0.659 bits per heavy atom. The van der Waals surface area contributed by atoms with Gasteiger partial charge in [0.1, 0.15) is 18.3 Å². The summed E-state index contributed by atoms with van der Waals surface area (Å²) in [5.41, 5.74) is 2.92. The van der Waals surface area contributed by atoms with Gasteiger partial charge in [-0.15, -0.1) is 0 Å². The minimum absolute atomic E-state index is 0.177. The van der Waals surface area contributed by atoms with Gasteiger partial charge in [0, 0.05) is 7.11 Å². The molecule has 0 saturated carbocycles. The van der Waals surface area contributed by atoms with Crippen LogP contribution in [0.25, 0.3) is 0 Å². The molecule has 0 unspecified atom stereocenters. The van der Waals surface area contributed by atoms with Crippen LogP contribution in [-0.4, -0.2) is 46.6 Å². The molecule has 0 N–H and O–H groups in total. The molecule has 230 valence electrons. The Morgan fingerprint density at radius 2 is 1.09 bits per heavy atom. The highest BCUT2D eigenvalue weighted by molar-refractivity contribution is 6.99. The molecule has 6 heteroatoms. The van der Waals surface area contributed by atoms with E-state index in [2.05, 4.69) is 100 Å². The molecule has 4 aromatic rings. The molecular formula is C38H44O5Si. The Kier molecular flexibility index (Phi) is 10.6. The lowest BCUT2D eigenvalue weighted by Crippen LogP contribution is -2.67. The fraction of sp³-hybridized carbons (Fsp3) is 0.316.